The van der Waals surface area contributed by atoms with Crippen LogP contribution in [0.2, 0.25) is 0 Å². The van der Waals surface area contributed by atoms with Gasteiger partial charge in [0.25, 0.3) is 0 Å². The largest absolute Gasteiger partial charge is 0.422 e. The average molecular weight is 349 g/mol. The number of aliphatic imine (C=N–C) groups is 1. The van der Waals surface area contributed by atoms with Crippen LogP contribution >= 0.6 is 0 Å². The molecule has 0 radical (unpaired) electrons. The van der Waals surface area contributed by atoms with E-state index < -0.39 is 30.0 Å². The highest BCUT2D eigenvalue weighted by atomic mass is 19.4. The quantitative estimate of drug-likeness (QED) is 0.280. The second-order valence-electron chi connectivity index (χ2n) is 5.71. The third-order valence-electron chi connectivity index (χ3n) is 4.28. The number of fused-ring (bicyclic) bond motifs is 5. The molecule has 4 rings (SSSR count). The molecule has 0 saturated heterocycles. The maximum absolute atomic E-state index is 13.6. The summed E-state index contributed by atoms with van der Waals surface area (Å²) in [6.07, 6.45) is -5.31. The molecular weight excluding hydrogens is 339 g/mol. The van der Waals surface area contributed by atoms with Crippen molar-refractivity contribution in [2.75, 3.05) is 0 Å². The highest BCUT2D eigenvalue weighted by molar-refractivity contribution is 6.07. The Labute approximate surface area is 137 Å². The van der Waals surface area contributed by atoms with Gasteiger partial charge in [-0.15, -0.1) is 0 Å². The molecular formula is C17H10F3NO4. The van der Waals surface area contributed by atoms with Crippen LogP contribution in [0.5, 0.6) is 0 Å². The van der Waals surface area contributed by atoms with Crippen LogP contribution in [0, 0.1) is 0 Å². The Bertz CT molecular complexity index is 1080. The van der Waals surface area contributed by atoms with Crippen molar-refractivity contribution in [3.63, 3.8) is 0 Å². The van der Waals surface area contributed by atoms with Crippen molar-refractivity contribution in [1.82, 2.24) is 0 Å². The van der Waals surface area contributed by atoms with Gasteiger partial charge in [-0.2, -0.15) is 13.2 Å². The minimum Gasteiger partial charge on any atom is -0.422 e. The van der Waals surface area contributed by atoms with E-state index in [2.05, 4.69) is 9.88 Å². The lowest BCUT2D eigenvalue weighted by molar-refractivity contribution is -0.169. The Morgan fingerprint density at radius 3 is 2.52 bits per heavy atom. The van der Waals surface area contributed by atoms with E-state index in [0.29, 0.717) is 10.8 Å². The van der Waals surface area contributed by atoms with E-state index >= 15 is 0 Å². The molecule has 25 heavy (non-hydrogen) atoms. The monoisotopic (exact) mass is 349 g/mol. The molecule has 1 atom stereocenters. The first-order valence-electron chi connectivity index (χ1n) is 7.34. The Balaban J connectivity index is 2.15. The Morgan fingerprint density at radius 2 is 1.84 bits per heavy atom. The van der Waals surface area contributed by atoms with Gasteiger partial charge in [-0.25, -0.2) is 15.0 Å². The van der Waals surface area contributed by atoms with E-state index in [0.717, 1.165) is 0 Å². The van der Waals surface area contributed by atoms with Crippen molar-refractivity contribution >= 4 is 33.3 Å². The standard InChI is InChI=1S/C17H10F3NO4/c18-17(19,20)11-7-13(25-23)21-12-6-5-9-8-3-1-2-4-10(8)16(22)24-15(9)14(11)12/h1-6,11,23H,7H2. The summed E-state index contributed by atoms with van der Waals surface area (Å²) in [5.74, 6) is -2.45. The van der Waals surface area contributed by atoms with E-state index in [9.17, 15) is 18.0 Å². The van der Waals surface area contributed by atoms with Gasteiger partial charge in [0.15, 0.2) is 0 Å². The highest BCUT2D eigenvalue weighted by Crippen LogP contribution is 2.47. The van der Waals surface area contributed by atoms with Crippen molar-refractivity contribution in [3.8, 4) is 0 Å². The van der Waals surface area contributed by atoms with E-state index in [4.69, 9.17) is 9.67 Å². The first kappa shape index (κ1) is 15.6. The van der Waals surface area contributed by atoms with Gasteiger partial charge in [0, 0.05) is 17.4 Å². The van der Waals surface area contributed by atoms with Crippen molar-refractivity contribution in [2.45, 2.75) is 18.5 Å². The molecule has 128 valence electrons. The van der Waals surface area contributed by atoms with Gasteiger partial charge < -0.3 is 9.30 Å². The van der Waals surface area contributed by atoms with Crippen molar-refractivity contribution in [2.24, 2.45) is 4.99 Å². The predicted octanol–water partition coefficient (Wildman–Crippen LogP) is 4.52. The van der Waals surface area contributed by atoms with Gasteiger partial charge in [0.05, 0.1) is 17.0 Å². The molecule has 0 fully saturated rings. The Hall–Kier alpha value is -2.87. The topological polar surface area (TPSA) is 72.0 Å². The molecule has 8 heteroatoms. The van der Waals surface area contributed by atoms with Gasteiger partial charge in [-0.1, -0.05) is 18.2 Å². The van der Waals surface area contributed by atoms with Crippen LogP contribution < -0.4 is 5.63 Å². The number of hydrogen-bond donors (Lipinski definition) is 1. The minimum atomic E-state index is -4.63. The fourth-order valence-corrected chi connectivity index (χ4v) is 3.18. The predicted molar refractivity (Wildman–Crippen MR) is 84.2 cm³/mol. The van der Waals surface area contributed by atoms with E-state index in [1.54, 1.807) is 24.3 Å². The molecule has 1 N–H and O–H groups in total. The van der Waals surface area contributed by atoms with Crippen LogP contribution in [0.3, 0.4) is 0 Å². The number of rotatable bonds is 0. The summed E-state index contributed by atoms with van der Waals surface area (Å²) in [4.78, 5) is 20.0. The average Bonchev–Trinajstić information content (AvgIpc) is 2.60. The van der Waals surface area contributed by atoms with Gasteiger partial charge in [0.2, 0.25) is 5.90 Å². The molecule has 0 aliphatic carbocycles. The first-order valence-corrected chi connectivity index (χ1v) is 7.34. The van der Waals surface area contributed by atoms with Crippen molar-refractivity contribution in [1.29, 1.82) is 0 Å². The van der Waals surface area contributed by atoms with Gasteiger partial charge in [-0.3, -0.25) is 0 Å². The zero-order valence-corrected chi connectivity index (χ0v) is 12.5. The summed E-state index contributed by atoms with van der Waals surface area (Å²) in [7, 11) is 0. The lowest BCUT2D eigenvalue weighted by atomic mass is 9.89. The lowest BCUT2D eigenvalue weighted by Gasteiger charge is -2.25. The maximum Gasteiger partial charge on any atom is 0.396 e. The highest BCUT2D eigenvalue weighted by Gasteiger charge is 2.46. The van der Waals surface area contributed by atoms with E-state index in [-0.39, 0.29) is 22.2 Å². The summed E-state index contributed by atoms with van der Waals surface area (Å²) in [6.45, 7) is 0. The molecule has 1 aliphatic rings. The van der Waals surface area contributed by atoms with Crippen LogP contribution in [0.25, 0.3) is 21.7 Å². The molecule has 0 spiro atoms. The second kappa shape index (κ2) is 5.32. The second-order valence-corrected chi connectivity index (χ2v) is 5.71. The zero-order chi connectivity index (χ0) is 17.8. The van der Waals surface area contributed by atoms with Crippen LogP contribution in [0.4, 0.5) is 18.9 Å². The number of nitrogens with zero attached hydrogens (tertiary/aromatic N) is 1. The number of halogens is 3. The number of hydrogen-bond acceptors (Lipinski definition) is 5. The molecule has 3 aromatic rings. The summed E-state index contributed by atoms with van der Waals surface area (Å²) in [5.41, 5.74) is -1.15. The zero-order valence-electron chi connectivity index (χ0n) is 12.5. The van der Waals surface area contributed by atoms with Gasteiger partial charge >= 0.3 is 11.8 Å². The molecule has 0 saturated carbocycles. The summed E-state index contributed by atoms with van der Waals surface area (Å²) in [6, 6.07) is 9.47. The summed E-state index contributed by atoms with van der Waals surface area (Å²) < 4.78 is 45.9. The molecule has 1 unspecified atom stereocenters. The summed E-state index contributed by atoms with van der Waals surface area (Å²) in [5, 5.41) is 9.92. The van der Waals surface area contributed by atoms with Crippen LogP contribution in [-0.2, 0) is 4.89 Å². The normalized spacial score (nSPS) is 17.4. The van der Waals surface area contributed by atoms with Crippen LogP contribution in [0.1, 0.15) is 17.9 Å². The first-order chi connectivity index (χ1) is 11.9. The molecule has 5 nitrogen and oxygen atoms in total. The van der Waals surface area contributed by atoms with E-state index in [1.165, 1.54) is 12.1 Å². The number of benzene rings is 2. The molecule has 1 aliphatic heterocycles. The van der Waals surface area contributed by atoms with Crippen LogP contribution in [-0.4, -0.2) is 17.3 Å². The molecule has 1 aromatic heterocycles. The third kappa shape index (κ3) is 2.37. The molecule has 0 bridgehead atoms. The maximum atomic E-state index is 13.6. The Kier molecular flexibility index (Phi) is 3.33. The SMILES string of the molecule is O=c1oc2c3c(ccc2c2ccccc12)N=C(OO)CC3C(F)(F)F. The third-order valence-corrected chi connectivity index (χ3v) is 4.28. The van der Waals surface area contributed by atoms with Crippen LogP contribution in [0.15, 0.2) is 50.6 Å². The van der Waals surface area contributed by atoms with Gasteiger partial charge in [0.1, 0.15) is 5.58 Å². The molecule has 0 amide bonds. The van der Waals surface area contributed by atoms with E-state index in [1.807, 2.05) is 0 Å². The molecule has 2 aromatic carbocycles. The van der Waals surface area contributed by atoms with Gasteiger partial charge in [-0.05, 0) is 23.6 Å². The smallest absolute Gasteiger partial charge is 0.396 e. The fraction of sp³-hybridized carbons (Fsp3) is 0.176. The van der Waals surface area contributed by atoms with Crippen molar-refractivity contribution < 1.29 is 27.7 Å². The number of alkyl halides is 3. The summed E-state index contributed by atoms with van der Waals surface area (Å²) >= 11 is 0. The minimum absolute atomic E-state index is 0.0523. The molecule has 2 heterocycles. The Morgan fingerprint density at radius 1 is 1.12 bits per heavy atom. The van der Waals surface area contributed by atoms with Crippen molar-refractivity contribution in [3.05, 3.63) is 52.4 Å². The lowest BCUT2D eigenvalue weighted by Crippen LogP contribution is -2.27. The fourth-order valence-electron chi connectivity index (χ4n) is 3.18.